The van der Waals surface area contributed by atoms with Crippen molar-refractivity contribution in [2.75, 3.05) is 0 Å². The molecule has 20 heavy (non-hydrogen) atoms. The molecule has 0 saturated heterocycles. The number of para-hydroxylation sites is 1. The molecule has 2 nitrogen and oxygen atoms in total. The van der Waals surface area contributed by atoms with Crippen LogP contribution in [0.1, 0.15) is 15.9 Å². The smallest absolute Gasteiger partial charge is 0.152 e. The molecule has 0 amide bonds. The number of halogens is 2. The van der Waals surface area contributed by atoms with Gasteiger partial charge >= 0.3 is 0 Å². The zero-order chi connectivity index (χ0) is 14.1. The first-order valence-electron chi connectivity index (χ1n) is 6.15. The zero-order valence-corrected chi connectivity index (χ0v) is 10.5. The highest BCUT2D eigenvalue weighted by atomic mass is 19.1. The van der Waals surface area contributed by atoms with Crippen molar-refractivity contribution < 1.29 is 13.6 Å². The summed E-state index contributed by atoms with van der Waals surface area (Å²) in [6.45, 7) is 0.309. The van der Waals surface area contributed by atoms with Gasteiger partial charge in [0.25, 0.3) is 0 Å². The van der Waals surface area contributed by atoms with Gasteiger partial charge in [0, 0.05) is 29.8 Å². The largest absolute Gasteiger partial charge is 0.342 e. The average molecular weight is 271 g/mol. The average Bonchev–Trinajstić information content (AvgIpc) is 2.81. The van der Waals surface area contributed by atoms with Gasteiger partial charge in [0.1, 0.15) is 11.6 Å². The number of fused-ring (bicyclic) bond motifs is 1. The standard InChI is InChI=1S/C16H11F2NO/c17-14-6-11(7-15(18)8-14)9-19-5-4-12-2-1-3-13(10-20)16(12)19/h1-8,10H,9H2. The Balaban J connectivity index is 2.08. The Labute approximate surface area is 114 Å². The van der Waals surface area contributed by atoms with Crippen molar-refractivity contribution in [1.29, 1.82) is 0 Å². The van der Waals surface area contributed by atoms with E-state index in [0.29, 0.717) is 17.7 Å². The van der Waals surface area contributed by atoms with Crippen LogP contribution >= 0.6 is 0 Å². The van der Waals surface area contributed by atoms with Gasteiger partial charge in [-0.3, -0.25) is 4.79 Å². The molecule has 0 saturated carbocycles. The maximum Gasteiger partial charge on any atom is 0.152 e. The van der Waals surface area contributed by atoms with Crippen LogP contribution in [0.2, 0.25) is 0 Å². The van der Waals surface area contributed by atoms with Crippen LogP contribution < -0.4 is 0 Å². The Morgan fingerprint density at radius 3 is 2.50 bits per heavy atom. The molecule has 0 bridgehead atoms. The number of hydrogen-bond acceptors (Lipinski definition) is 1. The van der Waals surface area contributed by atoms with E-state index >= 15 is 0 Å². The fourth-order valence-corrected chi connectivity index (χ4v) is 2.42. The lowest BCUT2D eigenvalue weighted by atomic mass is 10.1. The second-order valence-corrected chi connectivity index (χ2v) is 4.62. The first-order valence-corrected chi connectivity index (χ1v) is 6.15. The normalized spacial score (nSPS) is 10.9. The fraction of sp³-hybridized carbons (Fsp3) is 0.0625. The van der Waals surface area contributed by atoms with Crippen LogP contribution in [0.25, 0.3) is 10.9 Å². The van der Waals surface area contributed by atoms with E-state index in [1.165, 1.54) is 12.1 Å². The minimum absolute atomic E-state index is 0.309. The van der Waals surface area contributed by atoms with E-state index in [4.69, 9.17) is 0 Å². The van der Waals surface area contributed by atoms with Gasteiger partial charge in [-0.05, 0) is 29.8 Å². The van der Waals surface area contributed by atoms with Crippen molar-refractivity contribution in [1.82, 2.24) is 4.57 Å². The van der Waals surface area contributed by atoms with Crippen molar-refractivity contribution in [3.05, 3.63) is 71.4 Å². The third kappa shape index (κ3) is 2.20. The molecule has 2 aromatic carbocycles. The highest BCUT2D eigenvalue weighted by Gasteiger charge is 2.08. The summed E-state index contributed by atoms with van der Waals surface area (Å²) in [5.74, 6) is -1.21. The van der Waals surface area contributed by atoms with Crippen molar-refractivity contribution in [3.63, 3.8) is 0 Å². The molecule has 0 aliphatic heterocycles. The van der Waals surface area contributed by atoms with Gasteiger partial charge in [-0.2, -0.15) is 0 Å². The summed E-state index contributed by atoms with van der Waals surface area (Å²) in [6, 6.07) is 10.7. The molecule has 1 aromatic heterocycles. The lowest BCUT2D eigenvalue weighted by Gasteiger charge is -2.08. The number of benzene rings is 2. The van der Waals surface area contributed by atoms with Gasteiger partial charge in [-0.15, -0.1) is 0 Å². The SMILES string of the molecule is O=Cc1cccc2ccn(Cc3cc(F)cc(F)c3)c12. The fourth-order valence-electron chi connectivity index (χ4n) is 2.42. The summed E-state index contributed by atoms with van der Waals surface area (Å²) < 4.78 is 28.2. The van der Waals surface area contributed by atoms with Gasteiger partial charge in [0.15, 0.2) is 6.29 Å². The Morgan fingerprint density at radius 1 is 1.05 bits per heavy atom. The van der Waals surface area contributed by atoms with E-state index in [0.717, 1.165) is 23.3 Å². The number of rotatable bonds is 3. The van der Waals surface area contributed by atoms with Crippen LogP contribution in [0.15, 0.2) is 48.7 Å². The molecule has 4 heteroatoms. The number of carbonyl (C=O) groups excluding carboxylic acids is 1. The number of carbonyl (C=O) groups is 1. The molecule has 100 valence electrons. The number of aromatic nitrogens is 1. The second kappa shape index (κ2) is 4.89. The molecule has 0 aliphatic rings. The molecule has 0 radical (unpaired) electrons. The van der Waals surface area contributed by atoms with E-state index in [1.54, 1.807) is 18.3 Å². The molecule has 0 fully saturated rings. The lowest BCUT2D eigenvalue weighted by molar-refractivity contribution is 0.112. The quantitative estimate of drug-likeness (QED) is 0.664. The Morgan fingerprint density at radius 2 is 1.80 bits per heavy atom. The van der Waals surface area contributed by atoms with Crippen LogP contribution in [0.5, 0.6) is 0 Å². The third-order valence-electron chi connectivity index (χ3n) is 3.22. The van der Waals surface area contributed by atoms with E-state index in [-0.39, 0.29) is 0 Å². The summed E-state index contributed by atoms with van der Waals surface area (Å²) >= 11 is 0. The van der Waals surface area contributed by atoms with Crippen LogP contribution in [0, 0.1) is 11.6 Å². The first kappa shape index (κ1) is 12.5. The van der Waals surface area contributed by atoms with Gasteiger partial charge in [-0.1, -0.05) is 12.1 Å². The molecule has 0 spiro atoms. The van der Waals surface area contributed by atoms with Crippen LogP contribution in [0.3, 0.4) is 0 Å². The van der Waals surface area contributed by atoms with Crippen molar-refractivity contribution in [3.8, 4) is 0 Å². The van der Waals surface area contributed by atoms with Crippen molar-refractivity contribution in [2.45, 2.75) is 6.54 Å². The lowest BCUT2D eigenvalue weighted by Crippen LogP contribution is -2.01. The minimum atomic E-state index is -0.605. The molecule has 3 aromatic rings. The Bertz CT molecular complexity index is 772. The molecular weight excluding hydrogens is 260 g/mol. The van der Waals surface area contributed by atoms with E-state index in [1.807, 2.05) is 16.7 Å². The van der Waals surface area contributed by atoms with E-state index in [2.05, 4.69) is 0 Å². The van der Waals surface area contributed by atoms with Crippen molar-refractivity contribution >= 4 is 17.2 Å². The topological polar surface area (TPSA) is 22.0 Å². The maximum atomic E-state index is 13.2. The molecule has 0 unspecified atom stereocenters. The highest BCUT2D eigenvalue weighted by molar-refractivity contribution is 5.96. The van der Waals surface area contributed by atoms with E-state index in [9.17, 15) is 13.6 Å². The highest BCUT2D eigenvalue weighted by Crippen LogP contribution is 2.21. The number of nitrogens with zero attached hydrogens (tertiary/aromatic N) is 1. The molecule has 0 N–H and O–H groups in total. The molecule has 3 rings (SSSR count). The molecule has 1 heterocycles. The number of hydrogen-bond donors (Lipinski definition) is 0. The summed E-state index contributed by atoms with van der Waals surface area (Å²) in [5, 5.41) is 0.923. The van der Waals surface area contributed by atoms with Crippen LogP contribution in [-0.2, 0) is 6.54 Å². The second-order valence-electron chi connectivity index (χ2n) is 4.62. The Kier molecular flexibility index (Phi) is 3.06. The predicted molar refractivity (Wildman–Crippen MR) is 72.8 cm³/mol. The minimum Gasteiger partial charge on any atom is -0.342 e. The van der Waals surface area contributed by atoms with Crippen LogP contribution in [0.4, 0.5) is 8.78 Å². The van der Waals surface area contributed by atoms with Gasteiger partial charge in [-0.25, -0.2) is 8.78 Å². The van der Waals surface area contributed by atoms with Gasteiger partial charge < -0.3 is 4.57 Å². The molecule has 0 aliphatic carbocycles. The number of aldehydes is 1. The third-order valence-corrected chi connectivity index (χ3v) is 3.22. The zero-order valence-electron chi connectivity index (χ0n) is 10.5. The monoisotopic (exact) mass is 271 g/mol. The summed E-state index contributed by atoms with van der Waals surface area (Å²) in [6.07, 6.45) is 2.59. The molecule has 0 atom stereocenters. The summed E-state index contributed by atoms with van der Waals surface area (Å²) in [7, 11) is 0. The van der Waals surface area contributed by atoms with E-state index < -0.39 is 11.6 Å². The van der Waals surface area contributed by atoms with Crippen molar-refractivity contribution in [2.24, 2.45) is 0 Å². The molecular formula is C16H11F2NO. The van der Waals surface area contributed by atoms with Crippen LogP contribution in [-0.4, -0.2) is 10.9 Å². The van der Waals surface area contributed by atoms with Gasteiger partial charge in [0.05, 0.1) is 5.52 Å². The predicted octanol–water partition coefficient (Wildman–Crippen LogP) is 3.78. The Hall–Kier alpha value is -2.49. The summed E-state index contributed by atoms with van der Waals surface area (Å²) in [4.78, 5) is 11.1. The summed E-state index contributed by atoms with van der Waals surface area (Å²) in [5.41, 5.74) is 1.84. The maximum absolute atomic E-state index is 13.2. The first-order chi connectivity index (χ1) is 9.67. The van der Waals surface area contributed by atoms with Gasteiger partial charge in [0.2, 0.25) is 0 Å².